The van der Waals surface area contributed by atoms with Crippen LogP contribution in [0, 0.1) is 6.92 Å². The van der Waals surface area contributed by atoms with Gasteiger partial charge in [-0.25, -0.2) is 4.98 Å². The molecule has 0 unspecified atom stereocenters. The molecule has 0 N–H and O–H groups in total. The number of aromatic nitrogens is 1. The molecule has 4 nitrogen and oxygen atoms in total. The molecule has 0 saturated heterocycles. The summed E-state index contributed by atoms with van der Waals surface area (Å²) in [6.45, 7) is 2.45. The van der Waals surface area contributed by atoms with Gasteiger partial charge >= 0.3 is 0 Å². The molecule has 1 aromatic heterocycles. The average molecular weight is 483 g/mol. The Kier molecular flexibility index (Phi) is 7.35. The van der Waals surface area contributed by atoms with Crippen LogP contribution in [-0.2, 0) is 11.3 Å². The smallest absolute Gasteiger partial charge is 0.229 e. The van der Waals surface area contributed by atoms with E-state index in [1.165, 1.54) is 11.3 Å². The van der Waals surface area contributed by atoms with Gasteiger partial charge in [0.05, 0.1) is 23.9 Å². The Labute approximate surface area is 201 Å². The van der Waals surface area contributed by atoms with Gasteiger partial charge in [-0.15, -0.1) is 11.8 Å². The number of benzene rings is 3. The number of hydrogen-bond donors (Lipinski definition) is 0. The van der Waals surface area contributed by atoms with Gasteiger partial charge in [0.25, 0.3) is 0 Å². The number of anilines is 1. The number of halogens is 1. The number of rotatable bonds is 8. The number of nitrogens with zero attached hydrogens (tertiary/aromatic N) is 2. The van der Waals surface area contributed by atoms with E-state index in [1.807, 2.05) is 73.7 Å². The largest absolute Gasteiger partial charge is 0.497 e. The standard InChI is InChI=1S/C25H23ClN2O2S2/c1-17-21(26)12-13-22-24(17)27-25(32-22)28(16-18-6-4-3-5-7-18)23(29)14-15-31-20-10-8-19(30-2)9-11-20/h3-13H,14-16H2,1-2H3. The molecule has 4 rings (SSSR count). The number of amides is 1. The molecule has 1 amide bonds. The maximum absolute atomic E-state index is 13.3. The van der Waals surface area contributed by atoms with E-state index >= 15 is 0 Å². The van der Waals surface area contributed by atoms with Crippen LogP contribution >= 0.6 is 34.7 Å². The summed E-state index contributed by atoms with van der Waals surface area (Å²) in [6.07, 6.45) is 0.416. The summed E-state index contributed by atoms with van der Waals surface area (Å²) in [5.74, 6) is 1.56. The first kappa shape index (κ1) is 22.6. The van der Waals surface area contributed by atoms with Crippen LogP contribution in [0.15, 0.2) is 71.6 Å². The first-order chi connectivity index (χ1) is 15.5. The van der Waals surface area contributed by atoms with Crippen molar-refractivity contribution < 1.29 is 9.53 Å². The Balaban J connectivity index is 1.53. The van der Waals surface area contributed by atoms with Gasteiger partial charge < -0.3 is 4.74 Å². The van der Waals surface area contributed by atoms with Crippen LogP contribution in [-0.4, -0.2) is 23.8 Å². The molecule has 0 radical (unpaired) electrons. The molecular weight excluding hydrogens is 460 g/mol. The fraction of sp³-hybridized carbons (Fsp3) is 0.200. The fourth-order valence-electron chi connectivity index (χ4n) is 3.30. The number of thioether (sulfide) groups is 1. The van der Waals surface area contributed by atoms with Crippen LogP contribution in [0.3, 0.4) is 0 Å². The van der Waals surface area contributed by atoms with Crippen molar-refractivity contribution in [1.29, 1.82) is 0 Å². The highest BCUT2D eigenvalue weighted by Gasteiger charge is 2.21. The van der Waals surface area contributed by atoms with Crippen molar-refractivity contribution in [2.75, 3.05) is 17.8 Å². The van der Waals surface area contributed by atoms with E-state index in [0.29, 0.717) is 28.9 Å². The molecule has 32 heavy (non-hydrogen) atoms. The molecule has 4 aromatic rings. The molecule has 0 fully saturated rings. The van der Waals surface area contributed by atoms with E-state index in [1.54, 1.807) is 23.8 Å². The monoisotopic (exact) mass is 482 g/mol. The lowest BCUT2D eigenvalue weighted by atomic mass is 10.2. The van der Waals surface area contributed by atoms with Crippen molar-refractivity contribution in [2.45, 2.75) is 24.8 Å². The van der Waals surface area contributed by atoms with E-state index < -0.39 is 0 Å². The number of ether oxygens (including phenoxy) is 1. The van der Waals surface area contributed by atoms with Crippen LogP contribution in [0.1, 0.15) is 17.5 Å². The number of carbonyl (C=O) groups is 1. The van der Waals surface area contributed by atoms with Crippen molar-refractivity contribution >= 4 is 56.0 Å². The van der Waals surface area contributed by atoms with E-state index in [0.717, 1.165) is 32.0 Å². The van der Waals surface area contributed by atoms with Gasteiger partial charge in [-0.1, -0.05) is 53.3 Å². The van der Waals surface area contributed by atoms with Gasteiger partial charge in [-0.2, -0.15) is 0 Å². The molecule has 164 valence electrons. The Hall–Kier alpha value is -2.54. The SMILES string of the molecule is COc1ccc(SCCC(=O)N(Cc2ccccc2)c2nc3c(C)c(Cl)ccc3s2)cc1. The van der Waals surface area contributed by atoms with Crippen LogP contribution < -0.4 is 9.64 Å². The van der Waals surface area contributed by atoms with E-state index in [-0.39, 0.29) is 5.91 Å². The summed E-state index contributed by atoms with van der Waals surface area (Å²) < 4.78 is 6.23. The number of hydrogen-bond acceptors (Lipinski definition) is 5. The van der Waals surface area contributed by atoms with Crippen molar-refractivity contribution in [2.24, 2.45) is 0 Å². The first-order valence-electron chi connectivity index (χ1n) is 10.2. The van der Waals surface area contributed by atoms with Gasteiger partial charge in [0.2, 0.25) is 5.91 Å². The predicted molar refractivity (Wildman–Crippen MR) is 135 cm³/mol. The Morgan fingerprint density at radius 2 is 1.84 bits per heavy atom. The van der Waals surface area contributed by atoms with Crippen LogP contribution in [0.4, 0.5) is 5.13 Å². The van der Waals surface area contributed by atoms with Gasteiger partial charge in [0, 0.05) is 22.1 Å². The summed E-state index contributed by atoms with van der Waals surface area (Å²) in [7, 11) is 1.65. The Morgan fingerprint density at radius 3 is 2.56 bits per heavy atom. The van der Waals surface area contributed by atoms with Crippen LogP contribution in [0.2, 0.25) is 5.02 Å². The van der Waals surface area contributed by atoms with Gasteiger partial charge in [-0.05, 0) is 54.4 Å². The fourth-order valence-corrected chi connectivity index (χ4v) is 5.33. The van der Waals surface area contributed by atoms with Crippen molar-refractivity contribution in [3.8, 4) is 5.75 Å². The topological polar surface area (TPSA) is 42.4 Å². The van der Waals surface area contributed by atoms with E-state index in [4.69, 9.17) is 21.3 Å². The van der Waals surface area contributed by atoms with Crippen molar-refractivity contribution in [3.63, 3.8) is 0 Å². The molecule has 0 aliphatic heterocycles. The van der Waals surface area contributed by atoms with Gasteiger partial charge in [-0.3, -0.25) is 9.69 Å². The molecule has 3 aromatic carbocycles. The second-order valence-corrected chi connectivity index (χ2v) is 9.84. The predicted octanol–water partition coefficient (Wildman–Crippen LogP) is 6.98. The zero-order valence-electron chi connectivity index (χ0n) is 17.9. The quantitative estimate of drug-likeness (QED) is 0.254. The highest BCUT2D eigenvalue weighted by Crippen LogP contribution is 2.34. The van der Waals surface area contributed by atoms with Crippen molar-refractivity contribution in [3.05, 3.63) is 82.9 Å². The molecular formula is C25H23ClN2O2S2. The molecule has 0 aliphatic rings. The van der Waals surface area contributed by atoms with E-state index in [2.05, 4.69) is 0 Å². The average Bonchev–Trinajstić information content (AvgIpc) is 3.26. The number of fused-ring (bicyclic) bond motifs is 1. The number of aryl methyl sites for hydroxylation is 1. The molecule has 0 spiro atoms. The Bertz CT molecular complexity index is 1210. The third kappa shape index (κ3) is 5.26. The van der Waals surface area contributed by atoms with Gasteiger partial charge in [0.15, 0.2) is 5.13 Å². The molecule has 0 saturated carbocycles. The van der Waals surface area contributed by atoms with E-state index in [9.17, 15) is 4.79 Å². The Morgan fingerprint density at radius 1 is 1.09 bits per heavy atom. The third-order valence-corrected chi connectivity index (χ3v) is 7.56. The lowest BCUT2D eigenvalue weighted by Gasteiger charge is -2.20. The molecule has 7 heteroatoms. The summed E-state index contributed by atoms with van der Waals surface area (Å²) in [6, 6.07) is 21.7. The van der Waals surface area contributed by atoms with Crippen LogP contribution in [0.25, 0.3) is 10.2 Å². The normalized spacial score (nSPS) is 11.0. The highest BCUT2D eigenvalue weighted by atomic mass is 35.5. The summed E-state index contributed by atoms with van der Waals surface area (Å²) >= 11 is 9.47. The summed E-state index contributed by atoms with van der Waals surface area (Å²) in [5.41, 5.74) is 2.86. The first-order valence-corrected chi connectivity index (χ1v) is 12.4. The third-order valence-electron chi connectivity index (χ3n) is 5.10. The minimum absolute atomic E-state index is 0.0534. The zero-order valence-corrected chi connectivity index (χ0v) is 20.3. The minimum Gasteiger partial charge on any atom is -0.497 e. The summed E-state index contributed by atoms with van der Waals surface area (Å²) in [5, 5.41) is 1.39. The zero-order chi connectivity index (χ0) is 22.5. The van der Waals surface area contributed by atoms with Gasteiger partial charge in [0.1, 0.15) is 5.75 Å². The number of methoxy groups -OCH3 is 1. The molecule has 0 atom stereocenters. The molecule has 0 bridgehead atoms. The number of thiazole rings is 1. The lowest BCUT2D eigenvalue weighted by molar-refractivity contribution is -0.118. The molecule has 1 heterocycles. The summed E-state index contributed by atoms with van der Waals surface area (Å²) in [4.78, 5) is 21.0. The van der Waals surface area contributed by atoms with Crippen LogP contribution in [0.5, 0.6) is 5.75 Å². The van der Waals surface area contributed by atoms with Crippen molar-refractivity contribution in [1.82, 2.24) is 4.98 Å². The maximum atomic E-state index is 13.3. The maximum Gasteiger partial charge on any atom is 0.229 e. The second-order valence-electron chi connectivity index (χ2n) is 7.26. The molecule has 0 aliphatic carbocycles. The lowest BCUT2D eigenvalue weighted by Crippen LogP contribution is -2.30. The minimum atomic E-state index is 0.0534. The highest BCUT2D eigenvalue weighted by molar-refractivity contribution is 7.99. The number of carbonyl (C=O) groups excluding carboxylic acids is 1. The second kappa shape index (κ2) is 10.4.